The third-order valence-corrected chi connectivity index (χ3v) is 9.54. The summed E-state index contributed by atoms with van der Waals surface area (Å²) in [5.41, 5.74) is 0. The third kappa shape index (κ3) is 9.24. The van der Waals surface area contributed by atoms with E-state index in [0.29, 0.717) is 0 Å². The standard InChI is InChI=1S/C28H40S3/c1-2-3-4-5-6-7-8-9-10-11-12-13-14-15-17-24-19-20-27(30-24)28-22-21-26(31-28)25-18-16-23-29-25/h16,18-23H,2-15,17H2,1H3. The number of aryl methyl sites for hydroxylation is 1. The first-order chi connectivity index (χ1) is 15.4. The molecule has 170 valence electrons. The highest BCUT2D eigenvalue weighted by Gasteiger charge is 2.08. The molecule has 0 aliphatic carbocycles. The Morgan fingerprint density at radius 2 is 1.03 bits per heavy atom. The van der Waals surface area contributed by atoms with Crippen LogP contribution in [-0.2, 0) is 6.42 Å². The Hall–Kier alpha value is -0.900. The van der Waals surface area contributed by atoms with Crippen LogP contribution in [0.5, 0.6) is 0 Å². The molecule has 3 aromatic rings. The Morgan fingerprint density at radius 1 is 0.516 bits per heavy atom. The molecular weight excluding hydrogens is 433 g/mol. The molecular formula is C28H40S3. The van der Waals surface area contributed by atoms with Crippen LogP contribution in [0.2, 0.25) is 0 Å². The summed E-state index contributed by atoms with van der Waals surface area (Å²) in [6.45, 7) is 2.30. The van der Waals surface area contributed by atoms with Gasteiger partial charge in [-0.2, -0.15) is 0 Å². The first kappa shape index (κ1) is 24.7. The van der Waals surface area contributed by atoms with Crippen molar-refractivity contribution in [1.82, 2.24) is 0 Å². The van der Waals surface area contributed by atoms with Crippen molar-refractivity contribution in [3.63, 3.8) is 0 Å². The van der Waals surface area contributed by atoms with Crippen molar-refractivity contribution in [1.29, 1.82) is 0 Å². The van der Waals surface area contributed by atoms with Gasteiger partial charge in [-0.15, -0.1) is 34.0 Å². The van der Waals surface area contributed by atoms with Gasteiger partial charge in [0.25, 0.3) is 0 Å². The van der Waals surface area contributed by atoms with Crippen molar-refractivity contribution >= 4 is 34.0 Å². The molecule has 0 bridgehead atoms. The van der Waals surface area contributed by atoms with Crippen LogP contribution in [0.25, 0.3) is 19.5 Å². The molecule has 0 unspecified atom stereocenters. The third-order valence-electron chi connectivity index (χ3n) is 6.05. The van der Waals surface area contributed by atoms with Crippen molar-refractivity contribution in [2.75, 3.05) is 0 Å². The predicted molar refractivity (Wildman–Crippen MR) is 145 cm³/mol. The molecule has 3 aromatic heterocycles. The van der Waals surface area contributed by atoms with Gasteiger partial charge >= 0.3 is 0 Å². The topological polar surface area (TPSA) is 0 Å². The maximum Gasteiger partial charge on any atom is 0.0449 e. The van der Waals surface area contributed by atoms with Crippen LogP contribution in [0.3, 0.4) is 0 Å². The molecule has 0 nitrogen and oxygen atoms in total. The molecule has 31 heavy (non-hydrogen) atoms. The van der Waals surface area contributed by atoms with Crippen LogP contribution < -0.4 is 0 Å². The maximum atomic E-state index is 2.35. The molecule has 0 aliphatic rings. The molecule has 0 atom stereocenters. The Bertz CT molecular complexity index is 809. The fraction of sp³-hybridized carbons (Fsp3) is 0.571. The molecule has 0 spiro atoms. The van der Waals surface area contributed by atoms with Crippen molar-refractivity contribution < 1.29 is 0 Å². The van der Waals surface area contributed by atoms with E-state index in [1.54, 1.807) is 4.88 Å². The van der Waals surface area contributed by atoms with Crippen molar-refractivity contribution in [3.8, 4) is 19.5 Å². The highest BCUT2D eigenvalue weighted by atomic mass is 32.1. The molecule has 0 amide bonds. The molecule has 3 heteroatoms. The lowest BCUT2D eigenvalue weighted by molar-refractivity contribution is 0.536. The van der Waals surface area contributed by atoms with Crippen LogP contribution in [-0.4, -0.2) is 0 Å². The molecule has 0 N–H and O–H groups in total. The van der Waals surface area contributed by atoms with E-state index in [-0.39, 0.29) is 0 Å². The lowest BCUT2D eigenvalue weighted by atomic mass is 10.0. The number of hydrogen-bond donors (Lipinski definition) is 0. The molecule has 0 aliphatic heterocycles. The summed E-state index contributed by atoms with van der Waals surface area (Å²) in [6.07, 6.45) is 21.3. The van der Waals surface area contributed by atoms with Gasteiger partial charge in [-0.3, -0.25) is 0 Å². The van der Waals surface area contributed by atoms with Gasteiger partial charge in [-0.05, 0) is 48.6 Å². The number of hydrogen-bond acceptors (Lipinski definition) is 3. The summed E-state index contributed by atoms with van der Waals surface area (Å²) in [5, 5.41) is 2.16. The molecule has 0 fully saturated rings. The van der Waals surface area contributed by atoms with Gasteiger partial charge in [0.15, 0.2) is 0 Å². The Kier molecular flexibility index (Phi) is 12.0. The molecule has 0 radical (unpaired) electrons. The van der Waals surface area contributed by atoms with Crippen molar-refractivity contribution in [2.45, 2.75) is 103 Å². The van der Waals surface area contributed by atoms with Crippen LogP contribution in [0.15, 0.2) is 41.8 Å². The Balaban J connectivity index is 1.20. The number of rotatable bonds is 17. The Labute approximate surface area is 202 Å². The van der Waals surface area contributed by atoms with Crippen molar-refractivity contribution in [3.05, 3.63) is 46.7 Å². The monoisotopic (exact) mass is 472 g/mol. The van der Waals surface area contributed by atoms with E-state index in [2.05, 4.69) is 48.7 Å². The predicted octanol–water partition coefficient (Wildman–Crippen LogP) is 11.2. The summed E-state index contributed by atoms with van der Waals surface area (Å²) in [6, 6.07) is 13.6. The minimum absolute atomic E-state index is 1.26. The molecule has 0 saturated carbocycles. The van der Waals surface area contributed by atoms with Gasteiger partial charge in [0.05, 0.1) is 0 Å². The Morgan fingerprint density at radius 3 is 1.61 bits per heavy atom. The minimum Gasteiger partial charge on any atom is -0.143 e. The maximum absolute atomic E-state index is 2.35. The molecule has 3 rings (SSSR count). The minimum atomic E-state index is 1.26. The molecule has 3 heterocycles. The van der Waals surface area contributed by atoms with Crippen LogP contribution in [0.1, 0.15) is 102 Å². The van der Waals surface area contributed by atoms with Crippen LogP contribution in [0, 0.1) is 0 Å². The van der Waals surface area contributed by atoms with Gasteiger partial charge in [0, 0.05) is 24.4 Å². The van der Waals surface area contributed by atoms with Gasteiger partial charge in [-0.25, -0.2) is 0 Å². The summed E-state index contributed by atoms with van der Waals surface area (Å²) in [7, 11) is 0. The summed E-state index contributed by atoms with van der Waals surface area (Å²) < 4.78 is 0. The second kappa shape index (κ2) is 15.0. The van der Waals surface area contributed by atoms with E-state index in [9.17, 15) is 0 Å². The average molecular weight is 473 g/mol. The lowest BCUT2D eigenvalue weighted by Gasteiger charge is -2.03. The zero-order valence-corrected chi connectivity index (χ0v) is 21.8. The highest BCUT2D eigenvalue weighted by Crippen LogP contribution is 2.39. The van der Waals surface area contributed by atoms with E-state index in [1.807, 2.05) is 34.0 Å². The molecule has 0 saturated heterocycles. The summed E-state index contributed by atoms with van der Waals surface area (Å²) >= 11 is 5.75. The summed E-state index contributed by atoms with van der Waals surface area (Å²) in [4.78, 5) is 7.19. The van der Waals surface area contributed by atoms with E-state index in [0.717, 1.165) is 0 Å². The average Bonchev–Trinajstić information content (AvgIpc) is 3.54. The summed E-state index contributed by atoms with van der Waals surface area (Å²) in [5.74, 6) is 0. The van der Waals surface area contributed by atoms with Crippen molar-refractivity contribution in [2.24, 2.45) is 0 Å². The SMILES string of the molecule is CCCCCCCCCCCCCCCCc1ccc(-c2ccc(-c3cccs3)s2)s1. The van der Waals surface area contributed by atoms with E-state index in [4.69, 9.17) is 0 Å². The van der Waals surface area contributed by atoms with Gasteiger partial charge in [-0.1, -0.05) is 96.5 Å². The number of thiophene rings is 3. The normalized spacial score (nSPS) is 11.4. The lowest BCUT2D eigenvalue weighted by Crippen LogP contribution is -1.84. The van der Waals surface area contributed by atoms with E-state index < -0.39 is 0 Å². The zero-order chi connectivity index (χ0) is 21.6. The molecule has 0 aromatic carbocycles. The van der Waals surface area contributed by atoms with Crippen LogP contribution >= 0.6 is 34.0 Å². The van der Waals surface area contributed by atoms with E-state index in [1.165, 1.54) is 116 Å². The van der Waals surface area contributed by atoms with E-state index >= 15 is 0 Å². The van der Waals surface area contributed by atoms with Gasteiger partial charge in [0.2, 0.25) is 0 Å². The first-order valence-electron chi connectivity index (χ1n) is 12.6. The number of unbranched alkanes of at least 4 members (excludes halogenated alkanes) is 13. The largest absolute Gasteiger partial charge is 0.143 e. The highest BCUT2D eigenvalue weighted by molar-refractivity contribution is 7.26. The second-order valence-corrected chi connectivity index (χ2v) is 12.0. The quantitative estimate of drug-likeness (QED) is 0.171. The van der Waals surface area contributed by atoms with Gasteiger partial charge in [0.1, 0.15) is 0 Å². The van der Waals surface area contributed by atoms with Crippen LogP contribution in [0.4, 0.5) is 0 Å². The smallest absolute Gasteiger partial charge is 0.0449 e. The first-order valence-corrected chi connectivity index (χ1v) is 15.1. The fourth-order valence-electron chi connectivity index (χ4n) is 4.16. The fourth-order valence-corrected chi connectivity index (χ4v) is 7.14. The van der Waals surface area contributed by atoms with Gasteiger partial charge < -0.3 is 0 Å². The zero-order valence-electron chi connectivity index (χ0n) is 19.4. The second-order valence-electron chi connectivity index (χ2n) is 8.75.